The van der Waals surface area contributed by atoms with Gasteiger partial charge in [-0.3, -0.25) is 19.2 Å². The fourth-order valence-corrected chi connectivity index (χ4v) is 2.97. The number of carbonyl (C=O) groups excluding carboxylic acids is 5. The lowest BCUT2D eigenvalue weighted by molar-refractivity contribution is -0.144. The van der Waals surface area contributed by atoms with Crippen LogP contribution in [0.2, 0.25) is 0 Å². The third-order valence-electron chi connectivity index (χ3n) is 4.51. The Labute approximate surface area is 203 Å². The van der Waals surface area contributed by atoms with Gasteiger partial charge < -0.3 is 30.7 Å². The number of nitrogens with zero attached hydrogens (tertiary/aromatic N) is 2. The van der Waals surface area contributed by atoms with Crippen LogP contribution >= 0.6 is 0 Å². The van der Waals surface area contributed by atoms with E-state index in [4.69, 9.17) is 10.5 Å². The Kier molecular flexibility index (Phi) is 10.7. The molecule has 12 nitrogen and oxygen atoms in total. The van der Waals surface area contributed by atoms with Crippen LogP contribution in [0.25, 0.3) is 0 Å². The monoisotopic (exact) mass is 489 g/mol. The van der Waals surface area contributed by atoms with Crippen molar-refractivity contribution in [3.8, 4) is 6.07 Å². The Balaban J connectivity index is 3.41. The highest BCUT2D eigenvalue weighted by atomic mass is 16.6. The number of esters is 1. The van der Waals surface area contributed by atoms with E-state index in [9.17, 15) is 29.2 Å². The van der Waals surface area contributed by atoms with Gasteiger partial charge in [-0.2, -0.15) is 5.26 Å². The fraction of sp³-hybridized carbons (Fsp3) is 0.478. The van der Waals surface area contributed by atoms with Crippen molar-refractivity contribution in [2.24, 2.45) is 5.73 Å². The summed E-state index contributed by atoms with van der Waals surface area (Å²) in [6.07, 6.45) is -1.60. The Morgan fingerprint density at radius 1 is 1.14 bits per heavy atom. The van der Waals surface area contributed by atoms with E-state index in [0.717, 1.165) is 17.6 Å². The minimum atomic E-state index is -1.52. The summed E-state index contributed by atoms with van der Waals surface area (Å²) in [4.78, 5) is 62.9. The van der Waals surface area contributed by atoms with Crippen LogP contribution in [0.4, 0.5) is 4.79 Å². The van der Waals surface area contributed by atoms with E-state index < -0.39 is 67.0 Å². The molecule has 2 unspecified atom stereocenters. The molecule has 0 saturated carbocycles. The van der Waals surface area contributed by atoms with E-state index in [2.05, 4.69) is 15.4 Å². The van der Waals surface area contributed by atoms with Crippen molar-refractivity contribution < 1.29 is 33.4 Å². The van der Waals surface area contributed by atoms with E-state index in [1.165, 1.54) is 0 Å². The SMILES string of the molecule is COC(=O)CNC(=O)C(c1ccc(C)cc1)N(CC#N)C(=O)C(CC(N)=O)NC(=O)OC(C)(C)C. The summed E-state index contributed by atoms with van der Waals surface area (Å²) in [7, 11) is 1.15. The molecular formula is C23H31N5O7. The minimum absolute atomic E-state index is 0.330. The highest BCUT2D eigenvalue weighted by molar-refractivity contribution is 5.95. The summed E-state index contributed by atoms with van der Waals surface area (Å²) >= 11 is 0. The van der Waals surface area contributed by atoms with Crippen molar-refractivity contribution in [3.05, 3.63) is 35.4 Å². The number of nitrogens with two attached hydrogens (primary N) is 1. The number of hydrogen-bond acceptors (Lipinski definition) is 8. The zero-order valence-electron chi connectivity index (χ0n) is 20.4. The van der Waals surface area contributed by atoms with Crippen LogP contribution in [0.3, 0.4) is 0 Å². The highest BCUT2D eigenvalue weighted by Gasteiger charge is 2.37. The number of primary amides is 1. The molecule has 0 fully saturated rings. The number of alkyl carbamates (subject to hydrolysis) is 1. The van der Waals surface area contributed by atoms with E-state index in [0.29, 0.717) is 5.56 Å². The van der Waals surface area contributed by atoms with Gasteiger partial charge in [-0.05, 0) is 33.3 Å². The molecule has 35 heavy (non-hydrogen) atoms. The largest absolute Gasteiger partial charge is 0.468 e. The number of nitriles is 1. The van der Waals surface area contributed by atoms with E-state index in [1.807, 2.05) is 13.0 Å². The number of nitrogens with one attached hydrogen (secondary N) is 2. The van der Waals surface area contributed by atoms with Crippen LogP contribution in [-0.4, -0.2) is 66.5 Å². The maximum absolute atomic E-state index is 13.5. The number of hydrogen-bond donors (Lipinski definition) is 3. The summed E-state index contributed by atoms with van der Waals surface area (Å²) < 4.78 is 9.68. The Bertz CT molecular complexity index is 979. The maximum atomic E-state index is 13.5. The van der Waals surface area contributed by atoms with Gasteiger partial charge in [0.15, 0.2) is 0 Å². The Morgan fingerprint density at radius 3 is 2.23 bits per heavy atom. The molecule has 0 aromatic heterocycles. The quantitative estimate of drug-likeness (QED) is 0.313. The van der Waals surface area contributed by atoms with Crippen LogP contribution in [0.5, 0.6) is 0 Å². The molecule has 4 N–H and O–H groups in total. The van der Waals surface area contributed by atoms with Gasteiger partial charge in [0.1, 0.15) is 30.8 Å². The molecule has 0 aliphatic heterocycles. The lowest BCUT2D eigenvalue weighted by atomic mass is 10.0. The number of methoxy groups -OCH3 is 1. The second kappa shape index (κ2) is 12.9. The number of benzene rings is 1. The third kappa shape index (κ3) is 9.71. The molecule has 0 aliphatic rings. The van der Waals surface area contributed by atoms with Crippen molar-refractivity contribution in [3.63, 3.8) is 0 Å². The van der Waals surface area contributed by atoms with E-state index in [-0.39, 0.29) is 0 Å². The molecule has 0 spiro atoms. The van der Waals surface area contributed by atoms with E-state index in [1.54, 1.807) is 45.0 Å². The molecule has 0 aliphatic carbocycles. The van der Waals surface area contributed by atoms with Crippen LogP contribution in [0.15, 0.2) is 24.3 Å². The van der Waals surface area contributed by atoms with E-state index >= 15 is 0 Å². The molecule has 1 aromatic carbocycles. The van der Waals surface area contributed by atoms with Crippen LogP contribution in [0.1, 0.15) is 44.4 Å². The van der Waals surface area contributed by atoms with Gasteiger partial charge in [0.2, 0.25) is 17.7 Å². The number of carbonyl (C=O) groups is 5. The first-order valence-electron chi connectivity index (χ1n) is 10.7. The molecule has 0 radical (unpaired) electrons. The maximum Gasteiger partial charge on any atom is 0.408 e. The first-order chi connectivity index (χ1) is 16.3. The van der Waals surface area contributed by atoms with Gasteiger partial charge in [0, 0.05) is 0 Å². The van der Waals surface area contributed by atoms with Gasteiger partial charge in [-0.25, -0.2) is 4.79 Å². The van der Waals surface area contributed by atoms with Crippen molar-refractivity contribution >= 4 is 29.8 Å². The number of amides is 4. The summed E-state index contributed by atoms with van der Waals surface area (Å²) in [6.45, 7) is 5.60. The zero-order valence-corrected chi connectivity index (χ0v) is 20.4. The topological polar surface area (TPSA) is 181 Å². The van der Waals surface area contributed by atoms with Crippen LogP contribution in [-0.2, 0) is 28.7 Å². The Morgan fingerprint density at radius 2 is 1.74 bits per heavy atom. The normalized spacial score (nSPS) is 12.3. The van der Waals surface area contributed by atoms with Gasteiger partial charge in [-0.15, -0.1) is 0 Å². The van der Waals surface area contributed by atoms with Crippen molar-refractivity contribution in [2.75, 3.05) is 20.2 Å². The molecule has 2 atom stereocenters. The second-order valence-corrected chi connectivity index (χ2v) is 8.60. The minimum Gasteiger partial charge on any atom is -0.468 e. The smallest absolute Gasteiger partial charge is 0.408 e. The third-order valence-corrected chi connectivity index (χ3v) is 4.51. The van der Waals surface area contributed by atoms with Gasteiger partial charge in [0.25, 0.3) is 0 Å². The number of aryl methyl sites for hydroxylation is 1. The first-order valence-corrected chi connectivity index (χ1v) is 10.7. The predicted molar refractivity (Wildman–Crippen MR) is 123 cm³/mol. The van der Waals surface area contributed by atoms with Gasteiger partial charge >= 0.3 is 12.1 Å². The average molecular weight is 490 g/mol. The summed E-state index contributed by atoms with van der Waals surface area (Å²) in [6, 6.07) is 5.49. The molecule has 0 bridgehead atoms. The van der Waals surface area contributed by atoms with Crippen molar-refractivity contribution in [2.45, 2.75) is 51.8 Å². The fourth-order valence-electron chi connectivity index (χ4n) is 2.97. The molecule has 1 aromatic rings. The van der Waals surface area contributed by atoms with Gasteiger partial charge in [0.05, 0.1) is 19.6 Å². The summed E-state index contributed by atoms with van der Waals surface area (Å²) in [5.41, 5.74) is 5.58. The molecular weight excluding hydrogens is 458 g/mol. The Hall–Kier alpha value is -4.14. The first kappa shape index (κ1) is 28.9. The predicted octanol–water partition coefficient (Wildman–Crippen LogP) is 0.446. The second-order valence-electron chi connectivity index (χ2n) is 8.60. The standard InChI is InChI=1S/C23H31N5O7/c1-14-6-8-15(9-7-14)19(20(31)26-13-18(30)34-5)28(11-10-24)21(32)16(12-17(25)29)27-22(33)35-23(2,3)4/h6-9,16,19H,11-13H2,1-5H3,(H2,25,29)(H,26,31)(H,27,33). The molecule has 190 valence electrons. The van der Waals surface area contributed by atoms with Crippen LogP contribution < -0.4 is 16.4 Å². The summed E-state index contributed by atoms with van der Waals surface area (Å²) in [5, 5.41) is 14.1. The lowest BCUT2D eigenvalue weighted by Crippen LogP contribution is -2.54. The van der Waals surface area contributed by atoms with Crippen molar-refractivity contribution in [1.82, 2.24) is 15.5 Å². The number of ether oxygens (including phenoxy) is 2. The van der Waals surface area contributed by atoms with Crippen LogP contribution in [0, 0.1) is 18.3 Å². The van der Waals surface area contributed by atoms with Crippen molar-refractivity contribution in [1.29, 1.82) is 5.26 Å². The van der Waals surface area contributed by atoms with Gasteiger partial charge in [-0.1, -0.05) is 29.8 Å². The summed E-state index contributed by atoms with van der Waals surface area (Å²) in [5.74, 6) is -3.33. The molecule has 4 amide bonds. The molecule has 12 heteroatoms. The zero-order chi connectivity index (χ0) is 26.8. The highest BCUT2D eigenvalue weighted by Crippen LogP contribution is 2.23. The lowest BCUT2D eigenvalue weighted by Gasteiger charge is -2.32. The average Bonchev–Trinajstić information content (AvgIpc) is 2.75. The molecule has 0 heterocycles. The number of rotatable bonds is 10. The molecule has 1 rings (SSSR count). The molecule has 0 saturated heterocycles.